The molecule has 0 spiro atoms. The Morgan fingerprint density at radius 2 is 2.47 bits per heavy atom. The number of nitrogens with one attached hydrogen (secondary N) is 1. The predicted octanol–water partition coefficient (Wildman–Crippen LogP) is 0.998. The van der Waals surface area contributed by atoms with Crippen molar-refractivity contribution in [2.24, 2.45) is 0 Å². The molecule has 1 aromatic rings. The highest BCUT2D eigenvalue weighted by molar-refractivity contribution is 7.71. The fraction of sp³-hybridized carbons (Fsp3) is 0.444. The summed E-state index contributed by atoms with van der Waals surface area (Å²) in [5.41, 5.74) is 1.78. The Hall–Kier alpha value is -1.27. The first-order valence-corrected chi connectivity index (χ1v) is 4.91. The van der Waals surface area contributed by atoms with Crippen molar-refractivity contribution in [3.8, 4) is 0 Å². The maximum atomic E-state index is 11.3. The molecule has 0 unspecified atom stereocenters. The fourth-order valence-corrected chi connectivity index (χ4v) is 1.72. The van der Waals surface area contributed by atoms with Crippen LogP contribution in [0.4, 0.5) is 0 Å². The van der Waals surface area contributed by atoms with E-state index in [1.165, 1.54) is 7.11 Å². The zero-order chi connectivity index (χ0) is 10.8. The van der Waals surface area contributed by atoms with Crippen molar-refractivity contribution in [2.75, 3.05) is 13.7 Å². The first-order chi connectivity index (χ1) is 7.22. The van der Waals surface area contributed by atoms with E-state index in [-0.39, 0.29) is 5.82 Å². The van der Waals surface area contributed by atoms with E-state index in [9.17, 15) is 4.79 Å². The Kier molecular flexibility index (Phi) is 2.79. The second-order valence-corrected chi connectivity index (χ2v) is 3.53. The highest BCUT2D eigenvalue weighted by atomic mass is 32.1. The van der Waals surface area contributed by atoms with Crippen LogP contribution in [0.5, 0.6) is 0 Å². The van der Waals surface area contributed by atoms with Crippen molar-refractivity contribution in [1.29, 1.82) is 0 Å². The van der Waals surface area contributed by atoms with Crippen LogP contribution >= 0.6 is 12.2 Å². The number of rotatable bonds is 1. The summed E-state index contributed by atoms with van der Waals surface area (Å²) in [5, 5.41) is 0. The minimum absolute atomic E-state index is 0.156. The van der Waals surface area contributed by atoms with Crippen LogP contribution in [0.2, 0.25) is 0 Å². The van der Waals surface area contributed by atoms with E-state index in [0.29, 0.717) is 24.3 Å². The summed E-state index contributed by atoms with van der Waals surface area (Å²) in [6, 6.07) is 0. The molecule has 0 aromatic carbocycles. The summed E-state index contributed by atoms with van der Waals surface area (Å²) < 4.78 is 10.2. The molecule has 0 amide bonds. The van der Waals surface area contributed by atoms with E-state index < -0.39 is 5.97 Å². The zero-order valence-corrected chi connectivity index (χ0v) is 9.02. The second-order valence-electron chi connectivity index (χ2n) is 3.14. The minimum Gasteiger partial charge on any atom is -0.463 e. The number of fused-ring (bicyclic) bond motifs is 1. The number of methoxy groups -OCH3 is 1. The number of H-pyrrole nitrogens is 1. The van der Waals surface area contributed by atoms with Crippen LogP contribution in [0.25, 0.3) is 0 Å². The molecule has 0 saturated heterocycles. The molecule has 1 aliphatic heterocycles. The maximum Gasteiger partial charge on any atom is 0.374 e. The fourth-order valence-electron chi connectivity index (χ4n) is 1.45. The topological polar surface area (TPSA) is 64.2 Å². The van der Waals surface area contributed by atoms with Crippen LogP contribution in [-0.2, 0) is 22.5 Å². The summed E-state index contributed by atoms with van der Waals surface area (Å²) in [5.74, 6) is -0.349. The van der Waals surface area contributed by atoms with Crippen LogP contribution in [0.15, 0.2) is 0 Å². The van der Waals surface area contributed by atoms with Gasteiger partial charge in [-0.2, -0.15) is 0 Å². The number of carbonyl (C=O) groups is 1. The summed E-state index contributed by atoms with van der Waals surface area (Å²) in [4.78, 5) is 18.1. The molecule has 1 aromatic heterocycles. The van der Waals surface area contributed by atoms with Gasteiger partial charge in [0.15, 0.2) is 0 Å². The molecule has 0 saturated carbocycles. The molecule has 6 heteroatoms. The van der Waals surface area contributed by atoms with Gasteiger partial charge in [-0.25, -0.2) is 9.78 Å². The van der Waals surface area contributed by atoms with Crippen LogP contribution in [0.1, 0.15) is 21.9 Å². The average molecular weight is 226 g/mol. The van der Waals surface area contributed by atoms with Crippen LogP contribution in [0, 0.1) is 4.64 Å². The molecule has 0 fully saturated rings. The summed E-state index contributed by atoms with van der Waals surface area (Å²) in [7, 11) is 1.31. The van der Waals surface area contributed by atoms with Crippen molar-refractivity contribution >= 4 is 18.2 Å². The van der Waals surface area contributed by atoms with Crippen molar-refractivity contribution in [3.63, 3.8) is 0 Å². The molecule has 0 radical (unpaired) electrons. The highest BCUT2D eigenvalue weighted by Gasteiger charge is 2.16. The molecule has 15 heavy (non-hydrogen) atoms. The number of carbonyl (C=O) groups excluding carboxylic acids is 1. The van der Waals surface area contributed by atoms with Crippen molar-refractivity contribution in [3.05, 3.63) is 21.7 Å². The smallest absolute Gasteiger partial charge is 0.374 e. The monoisotopic (exact) mass is 226 g/mol. The largest absolute Gasteiger partial charge is 0.463 e. The van der Waals surface area contributed by atoms with Gasteiger partial charge in [0.25, 0.3) is 0 Å². The number of aromatic amines is 1. The quantitative estimate of drug-likeness (QED) is 0.571. The molecular formula is C9H10N2O3S. The van der Waals surface area contributed by atoms with Gasteiger partial charge >= 0.3 is 5.97 Å². The van der Waals surface area contributed by atoms with Crippen molar-refractivity contribution in [2.45, 2.75) is 13.0 Å². The third-order valence-electron chi connectivity index (χ3n) is 2.23. The van der Waals surface area contributed by atoms with E-state index in [2.05, 4.69) is 14.7 Å². The Labute approximate surface area is 91.4 Å². The number of ether oxygens (including phenoxy) is 2. The molecule has 1 aliphatic rings. The number of nitrogens with zero attached hydrogens (tertiary/aromatic N) is 1. The van der Waals surface area contributed by atoms with Gasteiger partial charge in [0.1, 0.15) is 4.64 Å². The van der Waals surface area contributed by atoms with Gasteiger partial charge < -0.3 is 14.5 Å². The van der Waals surface area contributed by atoms with Gasteiger partial charge in [0, 0.05) is 17.7 Å². The number of esters is 1. The SMILES string of the molecule is COC(=O)c1nc(=S)c2c([nH]1)CCOC2. The molecule has 80 valence electrons. The molecule has 5 nitrogen and oxygen atoms in total. The van der Waals surface area contributed by atoms with E-state index in [1.807, 2.05) is 0 Å². The Morgan fingerprint density at radius 1 is 1.67 bits per heavy atom. The maximum absolute atomic E-state index is 11.3. The number of hydrogen-bond acceptors (Lipinski definition) is 5. The minimum atomic E-state index is -0.504. The summed E-state index contributed by atoms with van der Waals surface area (Å²) in [6.45, 7) is 1.09. The first-order valence-electron chi connectivity index (χ1n) is 4.50. The standard InChI is InChI=1S/C9H10N2O3S/c1-13-9(12)7-10-6-2-3-14-4-5(6)8(15)11-7/h2-4H2,1H3,(H,10,11,15). The summed E-state index contributed by atoms with van der Waals surface area (Å²) >= 11 is 5.07. The van der Waals surface area contributed by atoms with E-state index >= 15 is 0 Å². The van der Waals surface area contributed by atoms with Gasteiger partial charge in [-0.3, -0.25) is 0 Å². The lowest BCUT2D eigenvalue weighted by Gasteiger charge is -2.16. The lowest BCUT2D eigenvalue weighted by atomic mass is 10.1. The van der Waals surface area contributed by atoms with Gasteiger partial charge in [-0.15, -0.1) is 0 Å². The van der Waals surface area contributed by atoms with Gasteiger partial charge in [-0.1, -0.05) is 12.2 Å². The Balaban J connectivity index is 2.50. The van der Waals surface area contributed by atoms with Gasteiger partial charge in [-0.05, 0) is 0 Å². The number of aromatic nitrogens is 2. The molecule has 0 atom stereocenters. The molecule has 0 bridgehead atoms. The third kappa shape index (κ3) is 1.91. The molecule has 2 heterocycles. The van der Waals surface area contributed by atoms with Gasteiger partial charge in [0.05, 0.1) is 20.3 Å². The summed E-state index contributed by atoms with van der Waals surface area (Å²) in [6.07, 6.45) is 0.714. The van der Waals surface area contributed by atoms with Crippen LogP contribution in [-0.4, -0.2) is 29.7 Å². The molecule has 2 rings (SSSR count). The van der Waals surface area contributed by atoms with E-state index in [4.69, 9.17) is 17.0 Å². The Morgan fingerprint density at radius 3 is 3.20 bits per heavy atom. The van der Waals surface area contributed by atoms with E-state index in [0.717, 1.165) is 11.3 Å². The van der Waals surface area contributed by atoms with E-state index in [1.54, 1.807) is 0 Å². The van der Waals surface area contributed by atoms with Crippen LogP contribution in [0.3, 0.4) is 0 Å². The zero-order valence-electron chi connectivity index (χ0n) is 8.20. The lowest BCUT2D eigenvalue weighted by Crippen LogP contribution is -2.17. The Bertz CT molecular complexity index is 455. The van der Waals surface area contributed by atoms with Crippen LogP contribution < -0.4 is 0 Å². The average Bonchev–Trinajstić information content (AvgIpc) is 2.28. The first kappa shape index (κ1) is 10.3. The third-order valence-corrected chi connectivity index (χ3v) is 2.56. The predicted molar refractivity (Wildman–Crippen MR) is 54.1 cm³/mol. The van der Waals surface area contributed by atoms with Crippen molar-refractivity contribution < 1.29 is 14.3 Å². The second kappa shape index (κ2) is 4.08. The van der Waals surface area contributed by atoms with Gasteiger partial charge in [0.2, 0.25) is 5.82 Å². The molecular weight excluding hydrogens is 216 g/mol. The van der Waals surface area contributed by atoms with Crippen molar-refractivity contribution in [1.82, 2.24) is 9.97 Å². The number of hydrogen-bond donors (Lipinski definition) is 1. The molecule has 1 N–H and O–H groups in total. The highest BCUT2D eigenvalue weighted by Crippen LogP contribution is 2.15. The molecule has 0 aliphatic carbocycles. The lowest BCUT2D eigenvalue weighted by molar-refractivity contribution is 0.0583. The normalized spacial score (nSPS) is 14.5.